The molecule has 0 saturated carbocycles. The molecule has 3 aromatic carbocycles. The van der Waals surface area contributed by atoms with Crippen LogP contribution in [0.4, 0.5) is 5.69 Å². The molecule has 2 amide bonds. The van der Waals surface area contributed by atoms with Gasteiger partial charge in [0.15, 0.2) is 17.1 Å². The van der Waals surface area contributed by atoms with Crippen LogP contribution in [-0.4, -0.2) is 74.4 Å². The summed E-state index contributed by atoms with van der Waals surface area (Å²) in [6.45, 7) is 1.65. The first-order chi connectivity index (χ1) is 19.2. The van der Waals surface area contributed by atoms with Crippen molar-refractivity contribution in [3.63, 3.8) is 0 Å². The van der Waals surface area contributed by atoms with Crippen LogP contribution < -0.4 is 11.1 Å². The molecule has 0 radical (unpaired) electrons. The van der Waals surface area contributed by atoms with E-state index in [9.17, 15) is 39.6 Å². The second-order valence-electron chi connectivity index (χ2n) is 10.4. The molecule has 3 atom stereocenters. The average molecular weight is 671 g/mol. The number of hydrogen-bond acceptors (Lipinski definition) is 9. The smallest absolute Gasteiger partial charge is 0.256 e. The fourth-order valence-electron chi connectivity index (χ4n) is 6.02. The minimum atomic E-state index is -2.76. The van der Waals surface area contributed by atoms with Gasteiger partial charge in [0.25, 0.3) is 11.8 Å². The fraction of sp³-hybridized carbons (Fsp3) is 0.241. The number of hydrogen-bond donors (Lipinski definition) is 6. The molecule has 212 valence electrons. The van der Waals surface area contributed by atoms with Gasteiger partial charge in [-0.3, -0.25) is 24.1 Å². The number of primary amides is 1. The molecule has 0 fully saturated rings. The minimum absolute atomic E-state index is 0.0358. The molecule has 12 heteroatoms. The van der Waals surface area contributed by atoms with E-state index in [0.29, 0.717) is 25.6 Å². The van der Waals surface area contributed by atoms with Gasteiger partial charge in [0.2, 0.25) is 5.78 Å². The highest BCUT2D eigenvalue weighted by atomic mass is 127. The Kier molecular flexibility index (Phi) is 6.83. The lowest BCUT2D eigenvalue weighted by Crippen LogP contribution is -2.64. The topological polar surface area (TPSA) is 190 Å². The number of nitrogens with one attached hydrogen (secondary N) is 1. The maximum Gasteiger partial charge on any atom is 0.256 e. The van der Waals surface area contributed by atoms with Gasteiger partial charge in [-0.05, 0) is 84.7 Å². The number of carbonyl (C=O) groups excluding carboxylic acids is 4. The van der Waals surface area contributed by atoms with Crippen molar-refractivity contribution in [1.29, 1.82) is 0 Å². The molecule has 0 unspecified atom stereocenters. The highest BCUT2D eigenvalue weighted by Gasteiger charge is 2.62. The summed E-state index contributed by atoms with van der Waals surface area (Å²) in [7, 11) is 3.05. The molecule has 2 aliphatic carbocycles. The number of likely N-dealkylation sites (N-methyl/N-ethyl adjacent to an activating group) is 1. The number of nitrogens with zero attached hydrogens (tertiary/aromatic N) is 1. The molecule has 0 aliphatic heterocycles. The lowest BCUT2D eigenvalue weighted by molar-refractivity contribution is -0.132. The van der Waals surface area contributed by atoms with Crippen LogP contribution in [0.5, 0.6) is 11.5 Å². The number of carbonyl (C=O) groups is 4. The normalized spacial score (nSPS) is 22.1. The first-order valence-electron chi connectivity index (χ1n) is 12.5. The Morgan fingerprint density at radius 3 is 2.34 bits per heavy atom. The van der Waals surface area contributed by atoms with Crippen LogP contribution in [0.1, 0.15) is 31.8 Å². The number of benzene rings is 3. The molecule has 41 heavy (non-hydrogen) atoms. The van der Waals surface area contributed by atoms with E-state index in [2.05, 4.69) is 5.32 Å². The summed E-state index contributed by atoms with van der Waals surface area (Å²) in [5.41, 5.74) is 2.42. The summed E-state index contributed by atoms with van der Waals surface area (Å²) in [6.07, 6.45) is -0.136. The van der Waals surface area contributed by atoms with Gasteiger partial charge >= 0.3 is 0 Å². The van der Waals surface area contributed by atoms with E-state index < -0.39 is 63.8 Å². The van der Waals surface area contributed by atoms with Crippen LogP contribution in [0.25, 0.3) is 10.8 Å². The fourth-order valence-corrected chi connectivity index (χ4v) is 6.65. The van der Waals surface area contributed by atoms with Gasteiger partial charge in [-0.1, -0.05) is 18.2 Å². The highest BCUT2D eigenvalue weighted by Crippen LogP contribution is 2.51. The number of aliphatic hydroxyl groups excluding tert-OH is 1. The molecular formula is C29H26IN3O8. The Morgan fingerprint density at radius 1 is 1.07 bits per heavy atom. The van der Waals surface area contributed by atoms with Gasteiger partial charge in [0.1, 0.15) is 17.1 Å². The molecule has 0 saturated heterocycles. The zero-order valence-corrected chi connectivity index (χ0v) is 24.3. The molecule has 2 aliphatic rings. The standard InChI is InChI=1S/C29H26IN3O8/c1-11-12-8-9-17(32-28(40)13-6-4-5-7-16(13)30)22(34)18(12)23(35)19-14(11)10-15-21(33(2)3)24(36)20(27(31)39)26(38)29(15,41)25(19)37/h4-9,15,21,34-35,38,41H,10H2,1-3H3,(H2,31,39)(H,32,40)/t15-,21-,29-/m0/s1. The van der Waals surface area contributed by atoms with E-state index in [1.165, 1.54) is 25.1 Å². The lowest BCUT2D eigenvalue weighted by Gasteiger charge is -2.47. The second kappa shape index (κ2) is 9.82. The van der Waals surface area contributed by atoms with Crippen LogP contribution in [0.15, 0.2) is 47.7 Å². The maximum atomic E-state index is 14.0. The van der Waals surface area contributed by atoms with Crippen LogP contribution in [-0.2, 0) is 16.0 Å². The Labute approximate surface area is 247 Å². The van der Waals surface area contributed by atoms with Gasteiger partial charge in [-0.25, -0.2) is 0 Å². The number of phenols is 2. The van der Waals surface area contributed by atoms with Gasteiger partial charge in [-0.2, -0.15) is 0 Å². The number of halogens is 1. The summed E-state index contributed by atoms with van der Waals surface area (Å²) in [4.78, 5) is 53.7. The monoisotopic (exact) mass is 671 g/mol. The van der Waals surface area contributed by atoms with E-state index in [1.807, 2.05) is 22.6 Å². The molecule has 0 bridgehead atoms. The zero-order valence-electron chi connectivity index (χ0n) is 22.2. The van der Waals surface area contributed by atoms with Crippen molar-refractivity contribution in [2.24, 2.45) is 11.7 Å². The second-order valence-corrected chi connectivity index (χ2v) is 11.6. The third kappa shape index (κ3) is 4.00. The van der Waals surface area contributed by atoms with Gasteiger partial charge < -0.3 is 31.5 Å². The van der Waals surface area contributed by atoms with E-state index in [1.54, 1.807) is 37.3 Å². The molecule has 7 N–H and O–H groups in total. The Balaban J connectivity index is 1.72. The van der Waals surface area contributed by atoms with E-state index in [4.69, 9.17) is 5.73 Å². The molecule has 0 heterocycles. The summed E-state index contributed by atoms with van der Waals surface area (Å²) in [5, 5.41) is 48.1. The number of rotatable bonds is 4. The Hall–Kier alpha value is -4.01. The largest absolute Gasteiger partial charge is 0.508 e. The number of amides is 2. The predicted molar refractivity (Wildman–Crippen MR) is 157 cm³/mol. The summed E-state index contributed by atoms with van der Waals surface area (Å²) in [6, 6.07) is 8.65. The van der Waals surface area contributed by atoms with Crippen molar-refractivity contribution in [1.82, 2.24) is 4.90 Å². The number of aromatic hydroxyl groups is 2. The minimum Gasteiger partial charge on any atom is -0.508 e. The van der Waals surface area contributed by atoms with Gasteiger partial charge in [0.05, 0.1) is 28.2 Å². The van der Waals surface area contributed by atoms with Crippen LogP contribution in [0.3, 0.4) is 0 Å². The maximum absolute atomic E-state index is 14.0. The molecule has 5 rings (SSSR count). The number of anilines is 1. The molecular weight excluding hydrogens is 645 g/mol. The zero-order chi connectivity index (χ0) is 30.1. The van der Waals surface area contributed by atoms with Crippen molar-refractivity contribution in [3.05, 3.63) is 73.6 Å². The SMILES string of the molecule is Cc1c2c(c(O)c3c(O)c(NC(=O)c4ccccc4I)ccc13)C(=O)[C@]1(O)C(O)=C(C(N)=O)C(=O)[C@@H](N(C)C)[C@@H]1C2. The van der Waals surface area contributed by atoms with Crippen molar-refractivity contribution in [3.8, 4) is 11.5 Å². The van der Waals surface area contributed by atoms with Gasteiger partial charge in [0, 0.05) is 9.49 Å². The quantitative estimate of drug-likeness (QED) is 0.137. The van der Waals surface area contributed by atoms with Crippen molar-refractivity contribution in [2.75, 3.05) is 19.4 Å². The Bertz CT molecular complexity index is 1750. The van der Waals surface area contributed by atoms with E-state index in [-0.39, 0.29) is 23.1 Å². The van der Waals surface area contributed by atoms with Crippen molar-refractivity contribution in [2.45, 2.75) is 25.0 Å². The average Bonchev–Trinajstić information content (AvgIpc) is 2.90. The number of nitrogens with two attached hydrogens (primary N) is 1. The third-order valence-corrected chi connectivity index (χ3v) is 8.95. The number of ketones is 2. The summed E-state index contributed by atoms with van der Waals surface area (Å²) in [5.74, 6) is -7.41. The van der Waals surface area contributed by atoms with E-state index >= 15 is 0 Å². The summed E-state index contributed by atoms with van der Waals surface area (Å²) < 4.78 is 0.675. The highest BCUT2D eigenvalue weighted by molar-refractivity contribution is 14.1. The van der Waals surface area contributed by atoms with E-state index in [0.717, 1.165) is 0 Å². The van der Waals surface area contributed by atoms with Crippen LogP contribution in [0.2, 0.25) is 0 Å². The molecule has 0 spiro atoms. The summed E-state index contributed by atoms with van der Waals surface area (Å²) >= 11 is 2.00. The number of aliphatic hydroxyl groups is 2. The predicted octanol–water partition coefficient (Wildman–Crippen LogP) is 2.31. The third-order valence-electron chi connectivity index (χ3n) is 8.01. The van der Waals surface area contributed by atoms with Crippen LogP contribution >= 0.6 is 22.6 Å². The molecule has 0 aromatic heterocycles. The number of fused-ring (bicyclic) bond motifs is 3. The number of Topliss-reactive ketones (excluding diaryl/α,β-unsaturated/α-hetero) is 2. The van der Waals surface area contributed by atoms with Crippen molar-refractivity contribution >= 4 is 62.4 Å². The molecule has 3 aromatic rings. The number of aryl methyl sites for hydroxylation is 1. The molecule has 11 nitrogen and oxygen atoms in total. The first-order valence-corrected chi connectivity index (χ1v) is 13.6. The first kappa shape index (κ1) is 28.5. The van der Waals surface area contributed by atoms with Crippen molar-refractivity contribution < 1.29 is 39.6 Å². The van der Waals surface area contributed by atoms with Crippen LogP contribution in [0, 0.1) is 16.4 Å². The lowest BCUT2D eigenvalue weighted by atomic mass is 9.61. The van der Waals surface area contributed by atoms with Gasteiger partial charge in [-0.15, -0.1) is 0 Å². The Morgan fingerprint density at radius 2 is 1.73 bits per heavy atom. The number of phenolic OH excluding ortho intramolecular Hbond substituents is 2.